The average Bonchev–Trinajstić information content (AvgIpc) is 3.41. The molecule has 4 heteroatoms. The second-order valence-electron chi connectivity index (χ2n) is 7.34. The summed E-state index contributed by atoms with van der Waals surface area (Å²) in [4.78, 5) is 9.23. The Balaban J connectivity index is 1.33. The number of rotatable bonds is 9. The zero-order valence-corrected chi connectivity index (χ0v) is 15.5. The van der Waals surface area contributed by atoms with Crippen LogP contribution in [0.1, 0.15) is 36.3 Å². The summed E-state index contributed by atoms with van der Waals surface area (Å²) in [6, 6.07) is 12.8. The van der Waals surface area contributed by atoms with Crippen molar-refractivity contribution in [1.82, 2.24) is 14.5 Å². The first-order chi connectivity index (χ1) is 12.8. The van der Waals surface area contributed by atoms with E-state index in [1.807, 2.05) is 13.1 Å². The van der Waals surface area contributed by atoms with E-state index in [1.165, 1.54) is 29.7 Å². The monoisotopic (exact) mass is 349 g/mol. The molecule has 26 heavy (non-hydrogen) atoms. The van der Waals surface area contributed by atoms with Gasteiger partial charge in [-0.1, -0.05) is 30.3 Å². The number of nitrogens with zero attached hydrogens (tertiary/aromatic N) is 3. The molecule has 0 unspecified atom stereocenters. The molecule has 4 rings (SSSR count). The second kappa shape index (κ2) is 8.00. The zero-order chi connectivity index (χ0) is 17.8. The molecule has 1 fully saturated rings. The van der Waals surface area contributed by atoms with Crippen LogP contribution < -0.4 is 0 Å². The highest BCUT2D eigenvalue weighted by Gasteiger charge is 2.24. The lowest BCUT2D eigenvalue weighted by Crippen LogP contribution is -2.11. The molecule has 1 saturated carbocycles. The van der Waals surface area contributed by atoms with Gasteiger partial charge in [0.15, 0.2) is 0 Å². The molecule has 2 heterocycles. The number of hydrogen-bond acceptors (Lipinski definition) is 3. The fraction of sp³-hybridized carbons (Fsp3) is 0.455. The van der Waals surface area contributed by atoms with Crippen LogP contribution in [-0.2, 0) is 24.1 Å². The summed E-state index contributed by atoms with van der Waals surface area (Å²) >= 11 is 0. The highest BCUT2D eigenvalue weighted by atomic mass is 16.5. The maximum atomic E-state index is 5.92. The second-order valence-corrected chi connectivity index (χ2v) is 7.34. The van der Waals surface area contributed by atoms with E-state index in [2.05, 4.69) is 45.9 Å². The minimum absolute atomic E-state index is 0.735. The van der Waals surface area contributed by atoms with Crippen molar-refractivity contribution in [1.29, 1.82) is 0 Å². The summed E-state index contributed by atoms with van der Waals surface area (Å²) in [5.74, 6) is 2.02. The van der Waals surface area contributed by atoms with Crippen molar-refractivity contribution in [3.05, 3.63) is 59.7 Å². The summed E-state index contributed by atoms with van der Waals surface area (Å²) < 4.78 is 8.27. The molecule has 3 aromatic rings. The van der Waals surface area contributed by atoms with Crippen LogP contribution in [0.4, 0.5) is 0 Å². The minimum Gasteiger partial charge on any atom is -0.380 e. The predicted octanol–water partition coefficient (Wildman–Crippen LogP) is 4.34. The lowest BCUT2D eigenvalue weighted by atomic mass is 10.1. The summed E-state index contributed by atoms with van der Waals surface area (Å²) in [5, 5.41) is 0. The number of fused-ring (bicyclic) bond motifs is 1. The molecule has 136 valence electrons. The van der Waals surface area contributed by atoms with Crippen molar-refractivity contribution < 1.29 is 4.74 Å². The van der Waals surface area contributed by atoms with Crippen LogP contribution in [0.15, 0.2) is 42.6 Å². The molecule has 1 aliphatic carbocycles. The quantitative estimate of drug-likeness (QED) is 0.540. The molecule has 0 bridgehead atoms. The molecule has 0 aliphatic heterocycles. The molecule has 0 N–H and O–H groups in total. The number of imidazole rings is 1. The van der Waals surface area contributed by atoms with Crippen LogP contribution in [0.5, 0.6) is 0 Å². The molecule has 0 amide bonds. The summed E-state index contributed by atoms with van der Waals surface area (Å²) in [7, 11) is 0. The normalized spacial score (nSPS) is 14.2. The number of benzene rings is 1. The molecule has 0 saturated heterocycles. The van der Waals surface area contributed by atoms with E-state index in [0.29, 0.717) is 0 Å². The summed E-state index contributed by atoms with van der Waals surface area (Å²) in [6.07, 6.45) is 7.81. The van der Waals surface area contributed by atoms with Crippen molar-refractivity contribution in [2.75, 3.05) is 13.2 Å². The summed E-state index contributed by atoms with van der Waals surface area (Å²) in [5.41, 5.74) is 4.63. The van der Waals surface area contributed by atoms with Crippen LogP contribution in [0.3, 0.4) is 0 Å². The molecule has 1 aliphatic rings. The third kappa shape index (κ3) is 4.31. The van der Waals surface area contributed by atoms with Gasteiger partial charge in [0.05, 0.1) is 18.3 Å². The van der Waals surface area contributed by atoms with Gasteiger partial charge >= 0.3 is 0 Å². The number of hydrogen-bond donors (Lipinski definition) is 0. The molecule has 0 atom stereocenters. The Morgan fingerprint density at radius 3 is 2.81 bits per heavy atom. The Morgan fingerprint density at radius 2 is 2.00 bits per heavy atom. The average molecular weight is 349 g/mol. The Bertz CT molecular complexity index is 852. The van der Waals surface area contributed by atoms with Gasteiger partial charge in [-0.25, -0.2) is 4.98 Å². The topological polar surface area (TPSA) is 39.9 Å². The fourth-order valence-corrected chi connectivity index (χ4v) is 3.45. The van der Waals surface area contributed by atoms with Gasteiger partial charge in [0.25, 0.3) is 0 Å². The van der Waals surface area contributed by atoms with Crippen molar-refractivity contribution >= 4 is 11.0 Å². The fourth-order valence-electron chi connectivity index (χ4n) is 3.45. The molecule has 2 aromatic heterocycles. The van der Waals surface area contributed by atoms with Gasteiger partial charge in [-0.05, 0) is 50.2 Å². The number of aryl methyl sites for hydroxylation is 2. The lowest BCUT2D eigenvalue weighted by molar-refractivity contribution is 0.124. The third-order valence-corrected chi connectivity index (χ3v) is 5.07. The number of pyridine rings is 1. The van der Waals surface area contributed by atoms with Gasteiger partial charge in [0.2, 0.25) is 0 Å². The molecule has 0 spiro atoms. The lowest BCUT2D eigenvalue weighted by Gasteiger charge is -2.10. The van der Waals surface area contributed by atoms with E-state index >= 15 is 0 Å². The first-order valence-electron chi connectivity index (χ1n) is 9.73. The highest BCUT2D eigenvalue weighted by Crippen LogP contribution is 2.33. The highest BCUT2D eigenvalue weighted by molar-refractivity contribution is 5.75. The van der Waals surface area contributed by atoms with Crippen molar-refractivity contribution in [3.8, 4) is 0 Å². The van der Waals surface area contributed by atoms with E-state index < -0.39 is 0 Å². The van der Waals surface area contributed by atoms with Crippen LogP contribution >= 0.6 is 0 Å². The molecule has 4 nitrogen and oxygen atoms in total. The van der Waals surface area contributed by atoms with E-state index in [1.54, 1.807) is 0 Å². The Morgan fingerprint density at radius 1 is 1.15 bits per heavy atom. The van der Waals surface area contributed by atoms with Crippen LogP contribution in [0, 0.1) is 12.8 Å². The van der Waals surface area contributed by atoms with Gasteiger partial charge in [-0.15, -0.1) is 0 Å². The Kier molecular flexibility index (Phi) is 5.30. The van der Waals surface area contributed by atoms with Crippen molar-refractivity contribution in [2.45, 2.75) is 45.6 Å². The van der Waals surface area contributed by atoms with E-state index in [9.17, 15) is 0 Å². The van der Waals surface area contributed by atoms with Gasteiger partial charge in [-0.2, -0.15) is 0 Å². The Hall–Kier alpha value is -2.20. The van der Waals surface area contributed by atoms with Gasteiger partial charge in [0.1, 0.15) is 11.3 Å². The predicted molar refractivity (Wildman–Crippen MR) is 104 cm³/mol. The molecular formula is C22H27N3O. The van der Waals surface area contributed by atoms with Crippen molar-refractivity contribution in [2.24, 2.45) is 5.92 Å². The summed E-state index contributed by atoms with van der Waals surface area (Å²) in [6.45, 7) is 4.45. The molecule has 0 radical (unpaired) electrons. The maximum absolute atomic E-state index is 5.92. The standard InChI is InChI=1S/C22H27N3O/c1-17-14-21-20(16-23-17)24-22(15-19-9-10-19)25(21)11-13-26-12-5-8-18-6-3-2-4-7-18/h2-4,6-7,14,16,19H,5,8-13,15H2,1H3. The van der Waals surface area contributed by atoms with Gasteiger partial charge in [0, 0.05) is 25.3 Å². The molecule has 1 aromatic carbocycles. The van der Waals surface area contributed by atoms with E-state index in [4.69, 9.17) is 9.72 Å². The molecular weight excluding hydrogens is 322 g/mol. The third-order valence-electron chi connectivity index (χ3n) is 5.07. The number of ether oxygens (including phenoxy) is 1. The zero-order valence-electron chi connectivity index (χ0n) is 15.5. The van der Waals surface area contributed by atoms with Crippen LogP contribution in [0.25, 0.3) is 11.0 Å². The van der Waals surface area contributed by atoms with Gasteiger partial charge < -0.3 is 9.30 Å². The van der Waals surface area contributed by atoms with E-state index in [0.717, 1.165) is 56.1 Å². The van der Waals surface area contributed by atoms with Crippen molar-refractivity contribution in [3.63, 3.8) is 0 Å². The van der Waals surface area contributed by atoms with Crippen LogP contribution in [0.2, 0.25) is 0 Å². The SMILES string of the molecule is Cc1cc2c(cn1)nc(CC1CC1)n2CCOCCCc1ccccc1. The smallest absolute Gasteiger partial charge is 0.110 e. The largest absolute Gasteiger partial charge is 0.380 e. The van der Waals surface area contributed by atoms with E-state index in [-0.39, 0.29) is 0 Å². The Labute approximate surface area is 155 Å². The minimum atomic E-state index is 0.735. The maximum Gasteiger partial charge on any atom is 0.110 e. The first kappa shape index (κ1) is 17.2. The first-order valence-corrected chi connectivity index (χ1v) is 9.73. The van der Waals surface area contributed by atoms with Gasteiger partial charge in [-0.3, -0.25) is 4.98 Å². The van der Waals surface area contributed by atoms with Crippen LogP contribution in [-0.4, -0.2) is 27.7 Å². The number of aromatic nitrogens is 3.